The molecule has 17 heavy (non-hydrogen) atoms. The first kappa shape index (κ1) is 14.0. The Balaban J connectivity index is 2.21. The summed E-state index contributed by atoms with van der Waals surface area (Å²) < 4.78 is 42.2. The summed E-state index contributed by atoms with van der Waals surface area (Å²) in [6.07, 6.45) is -1.13. The van der Waals surface area contributed by atoms with Crippen LogP contribution in [0.15, 0.2) is 12.3 Å². The normalized spacial score (nSPS) is 12.0. The van der Waals surface area contributed by atoms with Gasteiger partial charge >= 0.3 is 6.18 Å². The molecule has 0 fully saturated rings. The second kappa shape index (κ2) is 6.64. The van der Waals surface area contributed by atoms with Crippen LogP contribution in [-0.4, -0.2) is 22.6 Å². The van der Waals surface area contributed by atoms with Crippen LogP contribution in [0.2, 0.25) is 0 Å². The van der Waals surface area contributed by atoms with Gasteiger partial charge in [0.15, 0.2) is 0 Å². The van der Waals surface area contributed by atoms with Gasteiger partial charge in [0.25, 0.3) is 0 Å². The first-order valence-electron chi connectivity index (χ1n) is 5.68. The Labute approximate surface area is 98.6 Å². The lowest BCUT2D eigenvalue weighted by Crippen LogP contribution is -2.11. The molecule has 0 N–H and O–H groups in total. The van der Waals surface area contributed by atoms with Gasteiger partial charge in [0.1, 0.15) is 0 Å². The Morgan fingerprint density at radius 2 is 2.18 bits per heavy atom. The van der Waals surface area contributed by atoms with Crippen LogP contribution >= 0.6 is 0 Å². The van der Waals surface area contributed by atoms with E-state index in [-0.39, 0.29) is 13.2 Å². The average Bonchev–Trinajstić information content (AvgIpc) is 2.68. The van der Waals surface area contributed by atoms with E-state index in [1.807, 2.05) is 6.20 Å². The van der Waals surface area contributed by atoms with Gasteiger partial charge in [0.05, 0.1) is 25.3 Å². The first-order valence-corrected chi connectivity index (χ1v) is 5.68. The Kier molecular flexibility index (Phi) is 5.47. The highest BCUT2D eigenvalue weighted by Crippen LogP contribution is 2.19. The fourth-order valence-electron chi connectivity index (χ4n) is 1.29. The molecule has 0 saturated heterocycles. The highest BCUT2D eigenvalue weighted by Gasteiger charge is 2.26. The third kappa shape index (κ3) is 6.31. The monoisotopic (exact) mass is 250 g/mol. The number of hydrogen-bond acceptors (Lipinski definition) is 2. The summed E-state index contributed by atoms with van der Waals surface area (Å²) in [7, 11) is 0. The minimum atomic E-state index is -4.15. The number of nitrogens with zero attached hydrogens (tertiary/aromatic N) is 2. The maximum absolute atomic E-state index is 11.8. The summed E-state index contributed by atoms with van der Waals surface area (Å²) in [5, 5.41) is 4.19. The molecular weight excluding hydrogens is 233 g/mol. The average molecular weight is 250 g/mol. The molecule has 1 aromatic heterocycles. The van der Waals surface area contributed by atoms with Crippen LogP contribution in [0.4, 0.5) is 13.2 Å². The fraction of sp³-hybridized carbons (Fsp3) is 0.727. The maximum Gasteiger partial charge on any atom is 0.391 e. The highest BCUT2D eigenvalue weighted by molar-refractivity contribution is 4.96. The van der Waals surface area contributed by atoms with E-state index in [1.54, 1.807) is 10.7 Å². The highest BCUT2D eigenvalue weighted by atomic mass is 19.4. The number of halogens is 3. The van der Waals surface area contributed by atoms with E-state index < -0.39 is 12.6 Å². The van der Waals surface area contributed by atoms with Crippen LogP contribution in [0.1, 0.15) is 31.9 Å². The third-order valence-electron chi connectivity index (χ3n) is 2.22. The summed E-state index contributed by atoms with van der Waals surface area (Å²) in [4.78, 5) is 0. The molecule has 6 heteroatoms. The van der Waals surface area contributed by atoms with Crippen molar-refractivity contribution >= 4 is 0 Å². The summed E-state index contributed by atoms with van der Waals surface area (Å²) >= 11 is 0. The van der Waals surface area contributed by atoms with Crippen LogP contribution in [-0.2, 0) is 17.9 Å². The van der Waals surface area contributed by atoms with Crippen molar-refractivity contribution in [1.82, 2.24) is 9.78 Å². The molecule has 0 radical (unpaired) electrons. The van der Waals surface area contributed by atoms with E-state index in [0.29, 0.717) is 5.69 Å². The number of aromatic nitrogens is 2. The minimum absolute atomic E-state index is 0.134. The summed E-state index contributed by atoms with van der Waals surface area (Å²) in [5.41, 5.74) is 0.670. The predicted molar refractivity (Wildman–Crippen MR) is 57.5 cm³/mol. The molecule has 1 aromatic rings. The van der Waals surface area contributed by atoms with Crippen LogP contribution in [0.25, 0.3) is 0 Å². The summed E-state index contributed by atoms with van der Waals surface area (Å²) in [6.45, 7) is 2.74. The Morgan fingerprint density at radius 1 is 1.41 bits per heavy atom. The van der Waals surface area contributed by atoms with Gasteiger partial charge < -0.3 is 4.74 Å². The molecular formula is C11H17F3N2O. The van der Waals surface area contributed by atoms with Crippen molar-refractivity contribution in [3.63, 3.8) is 0 Å². The van der Waals surface area contributed by atoms with Crippen molar-refractivity contribution in [1.29, 1.82) is 0 Å². The zero-order chi connectivity index (χ0) is 12.7. The number of alkyl halides is 3. The Hall–Kier alpha value is -1.04. The van der Waals surface area contributed by atoms with E-state index in [4.69, 9.17) is 4.74 Å². The van der Waals surface area contributed by atoms with Crippen molar-refractivity contribution in [2.45, 2.75) is 45.5 Å². The molecule has 0 bridgehead atoms. The van der Waals surface area contributed by atoms with Gasteiger partial charge in [-0.15, -0.1) is 0 Å². The van der Waals surface area contributed by atoms with E-state index in [9.17, 15) is 13.2 Å². The molecule has 3 nitrogen and oxygen atoms in total. The van der Waals surface area contributed by atoms with Gasteiger partial charge in [-0.1, -0.05) is 13.3 Å². The van der Waals surface area contributed by atoms with E-state index in [0.717, 1.165) is 19.4 Å². The van der Waals surface area contributed by atoms with Crippen molar-refractivity contribution in [3.05, 3.63) is 18.0 Å². The maximum atomic E-state index is 11.8. The molecule has 0 aliphatic carbocycles. The standard InChI is InChI=1S/C11H17F3N2O/c1-2-3-6-16-7-4-10(15-16)9-17-8-5-11(12,13)14/h4,7H,2-3,5-6,8-9H2,1H3. The van der Waals surface area contributed by atoms with Crippen LogP contribution < -0.4 is 0 Å². The van der Waals surface area contributed by atoms with Crippen LogP contribution in [0.5, 0.6) is 0 Å². The lowest BCUT2D eigenvalue weighted by Gasteiger charge is -2.05. The number of hydrogen-bond donors (Lipinski definition) is 0. The van der Waals surface area contributed by atoms with Gasteiger partial charge in [0, 0.05) is 12.7 Å². The molecule has 0 unspecified atom stereocenters. The van der Waals surface area contributed by atoms with Crippen LogP contribution in [0.3, 0.4) is 0 Å². The molecule has 0 amide bonds. The molecule has 98 valence electrons. The largest absolute Gasteiger partial charge is 0.391 e. The van der Waals surface area contributed by atoms with Gasteiger partial charge in [-0.05, 0) is 12.5 Å². The van der Waals surface area contributed by atoms with Crippen molar-refractivity contribution in [2.24, 2.45) is 0 Å². The lowest BCUT2D eigenvalue weighted by atomic mass is 10.3. The molecule has 0 aliphatic heterocycles. The number of aryl methyl sites for hydroxylation is 1. The van der Waals surface area contributed by atoms with Gasteiger partial charge in [-0.3, -0.25) is 4.68 Å². The zero-order valence-electron chi connectivity index (χ0n) is 9.83. The van der Waals surface area contributed by atoms with Gasteiger partial charge in [-0.25, -0.2) is 0 Å². The van der Waals surface area contributed by atoms with Crippen molar-refractivity contribution in [2.75, 3.05) is 6.61 Å². The summed E-state index contributed by atoms with van der Waals surface area (Å²) in [5.74, 6) is 0. The molecule has 0 aliphatic rings. The summed E-state index contributed by atoms with van der Waals surface area (Å²) in [6, 6.07) is 1.77. The van der Waals surface area contributed by atoms with E-state index >= 15 is 0 Å². The SMILES string of the molecule is CCCCn1ccc(COCCC(F)(F)F)n1. The van der Waals surface area contributed by atoms with Gasteiger partial charge in [-0.2, -0.15) is 18.3 Å². The number of unbranched alkanes of at least 4 members (excludes halogenated alkanes) is 1. The first-order chi connectivity index (χ1) is 8.01. The molecule has 0 saturated carbocycles. The quantitative estimate of drug-likeness (QED) is 0.695. The second-order valence-electron chi connectivity index (χ2n) is 3.84. The van der Waals surface area contributed by atoms with Gasteiger partial charge in [0.2, 0.25) is 0 Å². The molecule has 0 aromatic carbocycles. The molecule has 0 spiro atoms. The third-order valence-corrected chi connectivity index (χ3v) is 2.22. The second-order valence-corrected chi connectivity index (χ2v) is 3.84. The van der Waals surface area contributed by atoms with Crippen LogP contribution in [0, 0.1) is 0 Å². The number of ether oxygens (including phenoxy) is 1. The van der Waals surface area contributed by atoms with E-state index in [2.05, 4.69) is 12.0 Å². The lowest BCUT2D eigenvalue weighted by molar-refractivity contribution is -0.146. The van der Waals surface area contributed by atoms with Crippen molar-refractivity contribution in [3.8, 4) is 0 Å². The Morgan fingerprint density at radius 3 is 2.82 bits per heavy atom. The fourth-order valence-corrected chi connectivity index (χ4v) is 1.29. The van der Waals surface area contributed by atoms with E-state index in [1.165, 1.54) is 0 Å². The molecule has 1 heterocycles. The smallest absolute Gasteiger partial charge is 0.375 e. The molecule has 1 rings (SSSR count). The number of rotatable bonds is 7. The molecule has 0 atom stereocenters. The predicted octanol–water partition coefficient (Wildman–Crippen LogP) is 3.15. The Bertz CT molecular complexity index is 323. The topological polar surface area (TPSA) is 27.1 Å². The zero-order valence-corrected chi connectivity index (χ0v) is 9.83. The van der Waals surface area contributed by atoms with Crippen molar-refractivity contribution < 1.29 is 17.9 Å². The minimum Gasteiger partial charge on any atom is -0.375 e.